The van der Waals surface area contributed by atoms with Gasteiger partial charge in [0.25, 0.3) is 0 Å². The number of nitrogens with one attached hydrogen (secondary N) is 2. The van der Waals surface area contributed by atoms with E-state index in [0.29, 0.717) is 18.9 Å². The van der Waals surface area contributed by atoms with Gasteiger partial charge in [-0.15, -0.1) is 0 Å². The molecule has 1 aromatic heterocycles. The highest BCUT2D eigenvalue weighted by atomic mass is 16.1. The molecule has 1 amide bonds. The van der Waals surface area contributed by atoms with Gasteiger partial charge in [-0.25, -0.2) is 9.67 Å². The van der Waals surface area contributed by atoms with Crippen molar-refractivity contribution in [2.45, 2.75) is 25.8 Å². The third kappa shape index (κ3) is 3.92. The van der Waals surface area contributed by atoms with E-state index in [2.05, 4.69) is 20.7 Å². The van der Waals surface area contributed by atoms with E-state index in [0.717, 1.165) is 30.8 Å². The van der Waals surface area contributed by atoms with Gasteiger partial charge in [-0.05, 0) is 49.5 Å². The summed E-state index contributed by atoms with van der Waals surface area (Å²) >= 11 is 0. The maximum Gasteiger partial charge on any atom is 0.220 e. The largest absolute Gasteiger partial charge is 0.352 e. The lowest BCUT2D eigenvalue weighted by atomic mass is 10.0. The maximum absolute atomic E-state index is 11.9. The molecule has 0 saturated carbocycles. The molecule has 0 radical (unpaired) electrons. The molecule has 0 spiro atoms. The summed E-state index contributed by atoms with van der Waals surface area (Å²) in [5, 5.41) is 10.4. The Morgan fingerprint density at radius 2 is 2.41 bits per heavy atom. The molecule has 1 aliphatic rings. The maximum atomic E-state index is 11.9. The summed E-state index contributed by atoms with van der Waals surface area (Å²) < 4.78 is 1.71. The monoisotopic (exact) mass is 299 g/mol. The molecule has 2 heterocycles. The highest BCUT2D eigenvalue weighted by Crippen LogP contribution is 2.14. The average Bonchev–Trinajstić information content (AvgIpc) is 3.24. The first-order valence-corrected chi connectivity index (χ1v) is 7.72. The fourth-order valence-electron chi connectivity index (χ4n) is 2.74. The van der Waals surface area contributed by atoms with Gasteiger partial charge in [-0.1, -0.05) is 12.1 Å². The van der Waals surface area contributed by atoms with Gasteiger partial charge >= 0.3 is 0 Å². The van der Waals surface area contributed by atoms with E-state index in [-0.39, 0.29) is 5.91 Å². The van der Waals surface area contributed by atoms with Crippen molar-refractivity contribution in [2.24, 2.45) is 5.92 Å². The van der Waals surface area contributed by atoms with Gasteiger partial charge in [0.15, 0.2) is 0 Å². The zero-order valence-corrected chi connectivity index (χ0v) is 12.5. The second-order valence-electron chi connectivity index (χ2n) is 5.68. The van der Waals surface area contributed by atoms with E-state index in [4.69, 9.17) is 0 Å². The fraction of sp³-hybridized carbons (Fsp3) is 0.438. The zero-order chi connectivity index (χ0) is 15.2. The first-order valence-electron chi connectivity index (χ1n) is 7.72. The predicted molar refractivity (Wildman–Crippen MR) is 83.4 cm³/mol. The van der Waals surface area contributed by atoms with Gasteiger partial charge in [-0.2, -0.15) is 5.10 Å². The Kier molecular flexibility index (Phi) is 4.80. The van der Waals surface area contributed by atoms with Crippen molar-refractivity contribution in [1.29, 1.82) is 0 Å². The number of carbonyl (C=O) groups excluding carboxylic acids is 1. The lowest BCUT2D eigenvalue weighted by molar-refractivity contribution is -0.121. The molecule has 1 atom stereocenters. The first kappa shape index (κ1) is 14.7. The molecule has 0 aliphatic carbocycles. The van der Waals surface area contributed by atoms with Crippen molar-refractivity contribution in [1.82, 2.24) is 25.4 Å². The summed E-state index contributed by atoms with van der Waals surface area (Å²) in [4.78, 5) is 15.9. The van der Waals surface area contributed by atoms with Gasteiger partial charge in [0.1, 0.15) is 12.7 Å². The molecule has 1 unspecified atom stereocenters. The number of nitrogens with zero attached hydrogens (tertiary/aromatic N) is 3. The smallest absolute Gasteiger partial charge is 0.220 e. The number of hydrogen-bond acceptors (Lipinski definition) is 4. The molecular weight excluding hydrogens is 278 g/mol. The number of hydrogen-bond donors (Lipinski definition) is 2. The molecule has 116 valence electrons. The van der Waals surface area contributed by atoms with Crippen molar-refractivity contribution in [2.75, 3.05) is 13.1 Å². The lowest BCUT2D eigenvalue weighted by Gasteiger charge is -2.09. The number of carbonyl (C=O) groups is 1. The van der Waals surface area contributed by atoms with Crippen LogP contribution >= 0.6 is 0 Å². The Balaban J connectivity index is 1.48. The molecule has 1 saturated heterocycles. The molecular formula is C16H21N5O. The van der Waals surface area contributed by atoms with Gasteiger partial charge in [0.2, 0.25) is 5.91 Å². The van der Waals surface area contributed by atoms with E-state index in [9.17, 15) is 4.79 Å². The Morgan fingerprint density at radius 3 is 3.18 bits per heavy atom. The lowest BCUT2D eigenvalue weighted by Crippen LogP contribution is -2.23. The summed E-state index contributed by atoms with van der Waals surface area (Å²) in [5.41, 5.74) is 2.00. The van der Waals surface area contributed by atoms with Crippen LogP contribution in [0.4, 0.5) is 0 Å². The van der Waals surface area contributed by atoms with Crippen LogP contribution in [0.25, 0.3) is 5.69 Å². The average molecular weight is 299 g/mol. The summed E-state index contributed by atoms with van der Waals surface area (Å²) in [5.74, 6) is 0.777. The third-order valence-corrected chi connectivity index (χ3v) is 4.03. The summed E-state index contributed by atoms with van der Waals surface area (Å²) in [7, 11) is 0. The molecule has 1 aliphatic heterocycles. The van der Waals surface area contributed by atoms with Crippen LogP contribution in [-0.4, -0.2) is 33.8 Å². The number of rotatable bonds is 6. The molecule has 22 heavy (non-hydrogen) atoms. The van der Waals surface area contributed by atoms with E-state index < -0.39 is 0 Å². The van der Waals surface area contributed by atoms with E-state index >= 15 is 0 Å². The van der Waals surface area contributed by atoms with Gasteiger partial charge < -0.3 is 10.6 Å². The first-order chi connectivity index (χ1) is 10.8. The predicted octanol–water partition coefficient (Wildman–Crippen LogP) is 1.27. The third-order valence-electron chi connectivity index (χ3n) is 4.03. The summed E-state index contributed by atoms with van der Waals surface area (Å²) in [6.07, 6.45) is 5.93. The molecule has 6 nitrogen and oxygen atoms in total. The van der Waals surface area contributed by atoms with Crippen molar-refractivity contribution < 1.29 is 4.79 Å². The second kappa shape index (κ2) is 7.17. The van der Waals surface area contributed by atoms with Crippen molar-refractivity contribution >= 4 is 5.91 Å². The molecule has 0 bridgehead atoms. The normalized spacial score (nSPS) is 17.5. The Hall–Kier alpha value is -2.21. The molecule has 6 heteroatoms. The van der Waals surface area contributed by atoms with Gasteiger partial charge in [0, 0.05) is 13.0 Å². The molecule has 1 fully saturated rings. The second-order valence-corrected chi connectivity index (χ2v) is 5.68. The van der Waals surface area contributed by atoms with Crippen molar-refractivity contribution in [3.63, 3.8) is 0 Å². The highest BCUT2D eigenvalue weighted by Gasteiger charge is 2.15. The van der Waals surface area contributed by atoms with Crippen LogP contribution in [0.3, 0.4) is 0 Å². The summed E-state index contributed by atoms with van der Waals surface area (Å²) in [6.45, 7) is 2.68. The number of aromatic nitrogens is 3. The Bertz CT molecular complexity index is 605. The van der Waals surface area contributed by atoms with Crippen LogP contribution in [0.5, 0.6) is 0 Å². The van der Waals surface area contributed by atoms with Gasteiger partial charge in [-0.3, -0.25) is 4.79 Å². The Labute approximate surface area is 129 Å². The number of benzene rings is 1. The van der Waals surface area contributed by atoms with Crippen LogP contribution in [0.1, 0.15) is 24.8 Å². The van der Waals surface area contributed by atoms with Crippen molar-refractivity contribution in [3.05, 3.63) is 42.5 Å². The molecule has 1 aromatic carbocycles. The molecule has 3 rings (SSSR count). The van der Waals surface area contributed by atoms with Crippen LogP contribution in [0, 0.1) is 5.92 Å². The van der Waals surface area contributed by atoms with Crippen LogP contribution in [0.2, 0.25) is 0 Å². The minimum absolute atomic E-state index is 0.123. The highest BCUT2D eigenvalue weighted by molar-refractivity contribution is 5.75. The zero-order valence-electron chi connectivity index (χ0n) is 12.5. The van der Waals surface area contributed by atoms with Crippen molar-refractivity contribution in [3.8, 4) is 5.69 Å². The quantitative estimate of drug-likeness (QED) is 0.842. The van der Waals surface area contributed by atoms with E-state index in [1.54, 1.807) is 11.0 Å². The minimum atomic E-state index is 0.123. The standard InChI is InChI=1S/C16H21N5O/c22-16(5-4-13-6-7-17-9-13)19-10-14-2-1-3-15(8-14)21-12-18-11-20-21/h1-3,8,11-13,17H,4-7,9-10H2,(H,19,22). The summed E-state index contributed by atoms with van der Waals surface area (Å²) in [6, 6.07) is 7.94. The van der Waals surface area contributed by atoms with Crippen LogP contribution in [-0.2, 0) is 11.3 Å². The topological polar surface area (TPSA) is 71.8 Å². The minimum Gasteiger partial charge on any atom is -0.352 e. The van der Waals surface area contributed by atoms with Gasteiger partial charge in [0.05, 0.1) is 5.69 Å². The Morgan fingerprint density at radius 1 is 1.45 bits per heavy atom. The van der Waals surface area contributed by atoms with E-state index in [1.807, 2.05) is 24.3 Å². The fourth-order valence-corrected chi connectivity index (χ4v) is 2.74. The van der Waals surface area contributed by atoms with Crippen LogP contribution in [0.15, 0.2) is 36.9 Å². The SMILES string of the molecule is O=C(CCC1CCNC1)NCc1cccc(-n2cncn2)c1. The molecule has 2 N–H and O–H groups in total. The molecule has 2 aromatic rings. The van der Waals surface area contributed by atoms with Crippen LogP contribution < -0.4 is 10.6 Å². The van der Waals surface area contributed by atoms with E-state index in [1.165, 1.54) is 12.7 Å². The number of amides is 1.